The van der Waals surface area contributed by atoms with Gasteiger partial charge < -0.3 is 10.6 Å². The molecule has 1 saturated heterocycles. The smallest absolute Gasteiger partial charge is 0.245 e. The van der Waals surface area contributed by atoms with Crippen molar-refractivity contribution < 1.29 is 9.59 Å². The molecule has 2 rings (SSSR count). The van der Waals surface area contributed by atoms with E-state index in [0.29, 0.717) is 17.0 Å². The van der Waals surface area contributed by atoms with Gasteiger partial charge in [0.05, 0.1) is 12.2 Å². The Balaban J connectivity index is 1.81. The largest absolute Gasteiger partial charge is 0.347 e. The van der Waals surface area contributed by atoms with Crippen LogP contribution < -0.4 is 10.6 Å². The second-order valence-corrected chi connectivity index (χ2v) is 9.12. The normalized spacial score (nSPS) is 21.8. The average molecular weight is 367 g/mol. The molecule has 1 aromatic heterocycles. The molecule has 0 aromatic carbocycles. The van der Waals surface area contributed by atoms with Crippen LogP contribution in [-0.2, 0) is 16.1 Å². The van der Waals surface area contributed by atoms with Crippen molar-refractivity contribution in [1.29, 1.82) is 0 Å². The van der Waals surface area contributed by atoms with Crippen molar-refractivity contribution in [1.82, 2.24) is 15.2 Å². The Morgan fingerprint density at radius 2 is 1.92 bits per heavy atom. The predicted molar refractivity (Wildman–Crippen MR) is 101 cm³/mol. The zero-order valence-corrected chi connectivity index (χ0v) is 16.7. The lowest BCUT2D eigenvalue weighted by molar-refractivity contribution is -0.130. The van der Waals surface area contributed by atoms with Crippen LogP contribution in [0, 0.1) is 17.3 Å². The highest BCUT2D eigenvalue weighted by atomic mass is 32.1. The molecule has 0 aliphatic carbocycles. The first-order valence-corrected chi connectivity index (χ1v) is 9.76. The predicted octanol–water partition coefficient (Wildman–Crippen LogP) is 2.72. The molecule has 1 fully saturated rings. The lowest BCUT2D eigenvalue weighted by atomic mass is 9.92. The van der Waals surface area contributed by atoms with Crippen LogP contribution in [0.15, 0.2) is 5.38 Å². The van der Waals surface area contributed by atoms with E-state index in [9.17, 15) is 9.59 Å². The number of carbonyl (C=O) groups excluding carboxylic acids is 2. The third-order valence-electron chi connectivity index (χ3n) is 4.22. The minimum Gasteiger partial charge on any atom is -0.347 e. The van der Waals surface area contributed by atoms with E-state index in [1.54, 1.807) is 0 Å². The van der Waals surface area contributed by atoms with Gasteiger partial charge >= 0.3 is 0 Å². The summed E-state index contributed by atoms with van der Waals surface area (Å²) in [4.78, 5) is 30.7. The number of hydrogen-bond acceptors (Lipinski definition) is 5. The van der Waals surface area contributed by atoms with Gasteiger partial charge in [-0.1, -0.05) is 34.6 Å². The number of piperidine rings is 1. The molecule has 1 aliphatic heterocycles. The lowest BCUT2D eigenvalue weighted by Gasteiger charge is -2.34. The topological polar surface area (TPSA) is 74.3 Å². The third-order valence-corrected chi connectivity index (χ3v) is 5.03. The highest BCUT2D eigenvalue weighted by molar-refractivity contribution is 7.13. The van der Waals surface area contributed by atoms with Crippen LogP contribution in [0.2, 0.25) is 0 Å². The van der Waals surface area contributed by atoms with Crippen molar-refractivity contribution in [3.05, 3.63) is 11.1 Å². The van der Waals surface area contributed by atoms with E-state index in [0.717, 1.165) is 25.3 Å². The van der Waals surface area contributed by atoms with E-state index in [1.165, 1.54) is 17.8 Å². The van der Waals surface area contributed by atoms with Gasteiger partial charge in [0.1, 0.15) is 0 Å². The Hall–Kier alpha value is -1.47. The zero-order chi connectivity index (χ0) is 18.6. The maximum atomic E-state index is 12.0. The van der Waals surface area contributed by atoms with Gasteiger partial charge in [-0.05, 0) is 18.3 Å². The van der Waals surface area contributed by atoms with E-state index < -0.39 is 5.41 Å². The van der Waals surface area contributed by atoms with E-state index in [4.69, 9.17) is 0 Å². The van der Waals surface area contributed by atoms with Gasteiger partial charge in [0.2, 0.25) is 11.8 Å². The van der Waals surface area contributed by atoms with E-state index in [2.05, 4.69) is 34.4 Å². The molecule has 0 saturated carbocycles. The van der Waals surface area contributed by atoms with Gasteiger partial charge in [-0.25, -0.2) is 4.98 Å². The van der Waals surface area contributed by atoms with Gasteiger partial charge in [-0.2, -0.15) is 0 Å². The number of anilines is 1. The minimum absolute atomic E-state index is 0.0355. The standard InChI is InChI=1S/C18H30N4O2S/c1-12-6-13(2)9-22(8-12)10-14-11-25-17(20-14)21-15(23)7-19-16(24)18(3,4)5/h11-13H,6-10H2,1-5H3,(H,19,24)(H,20,21,23). The first-order valence-electron chi connectivity index (χ1n) is 8.88. The quantitative estimate of drug-likeness (QED) is 0.840. The van der Waals surface area contributed by atoms with Crippen molar-refractivity contribution in [3.63, 3.8) is 0 Å². The molecular formula is C18H30N4O2S. The molecule has 2 atom stereocenters. The molecule has 140 valence electrons. The fourth-order valence-electron chi connectivity index (χ4n) is 3.18. The molecular weight excluding hydrogens is 336 g/mol. The summed E-state index contributed by atoms with van der Waals surface area (Å²) >= 11 is 1.43. The summed E-state index contributed by atoms with van der Waals surface area (Å²) in [7, 11) is 0. The summed E-state index contributed by atoms with van der Waals surface area (Å²) in [5.41, 5.74) is 0.484. The molecule has 0 radical (unpaired) electrons. The van der Waals surface area contributed by atoms with Gasteiger partial charge in [-0.3, -0.25) is 14.5 Å². The minimum atomic E-state index is -0.503. The van der Waals surface area contributed by atoms with Crippen molar-refractivity contribution in [2.75, 3.05) is 25.0 Å². The number of carbonyl (C=O) groups is 2. The van der Waals surface area contributed by atoms with Gasteiger partial charge in [-0.15, -0.1) is 11.3 Å². The van der Waals surface area contributed by atoms with Crippen molar-refractivity contribution in [2.24, 2.45) is 17.3 Å². The molecule has 7 heteroatoms. The van der Waals surface area contributed by atoms with E-state index >= 15 is 0 Å². The van der Waals surface area contributed by atoms with E-state index in [1.807, 2.05) is 26.2 Å². The Morgan fingerprint density at radius 3 is 2.52 bits per heavy atom. The highest BCUT2D eigenvalue weighted by Gasteiger charge is 2.23. The van der Waals surface area contributed by atoms with Crippen LogP contribution in [0.4, 0.5) is 5.13 Å². The number of aromatic nitrogens is 1. The van der Waals surface area contributed by atoms with Gasteiger partial charge in [0.25, 0.3) is 0 Å². The fourth-order valence-corrected chi connectivity index (χ4v) is 3.89. The molecule has 6 nitrogen and oxygen atoms in total. The number of nitrogens with one attached hydrogen (secondary N) is 2. The van der Waals surface area contributed by atoms with Crippen molar-refractivity contribution in [3.8, 4) is 0 Å². The average Bonchev–Trinajstić information content (AvgIpc) is 2.89. The third kappa shape index (κ3) is 6.40. The molecule has 2 unspecified atom stereocenters. The second-order valence-electron chi connectivity index (χ2n) is 8.26. The summed E-state index contributed by atoms with van der Waals surface area (Å²) in [5, 5.41) is 7.98. The number of likely N-dealkylation sites (tertiary alicyclic amines) is 1. The van der Waals surface area contributed by atoms with Crippen LogP contribution in [0.3, 0.4) is 0 Å². The van der Waals surface area contributed by atoms with Crippen molar-refractivity contribution >= 4 is 28.3 Å². The van der Waals surface area contributed by atoms with Crippen molar-refractivity contribution in [2.45, 2.75) is 47.6 Å². The lowest BCUT2D eigenvalue weighted by Crippen LogP contribution is -2.39. The summed E-state index contributed by atoms with van der Waals surface area (Å²) in [5.74, 6) is 1.04. The Labute approximate surface area is 154 Å². The highest BCUT2D eigenvalue weighted by Crippen LogP contribution is 2.23. The van der Waals surface area contributed by atoms with Crippen LogP contribution in [0.1, 0.15) is 46.7 Å². The molecule has 0 spiro atoms. The molecule has 1 aliphatic rings. The Morgan fingerprint density at radius 1 is 1.28 bits per heavy atom. The Bertz CT molecular complexity index is 598. The summed E-state index contributed by atoms with van der Waals surface area (Å²) < 4.78 is 0. The zero-order valence-electron chi connectivity index (χ0n) is 15.9. The molecule has 0 bridgehead atoms. The first kappa shape index (κ1) is 19.8. The summed E-state index contributed by atoms with van der Waals surface area (Å²) in [6.07, 6.45) is 1.29. The number of amides is 2. The van der Waals surface area contributed by atoms with Crippen LogP contribution >= 0.6 is 11.3 Å². The summed E-state index contributed by atoms with van der Waals surface area (Å²) in [6.45, 7) is 13.0. The molecule has 25 heavy (non-hydrogen) atoms. The monoisotopic (exact) mass is 366 g/mol. The van der Waals surface area contributed by atoms with Crippen LogP contribution in [0.5, 0.6) is 0 Å². The molecule has 2 amide bonds. The van der Waals surface area contributed by atoms with E-state index in [-0.39, 0.29) is 18.4 Å². The molecule has 1 aromatic rings. The molecule has 2 N–H and O–H groups in total. The van der Waals surface area contributed by atoms with Gasteiger partial charge in [0, 0.05) is 30.4 Å². The first-order chi connectivity index (χ1) is 11.6. The number of hydrogen-bond donors (Lipinski definition) is 2. The SMILES string of the molecule is CC1CC(C)CN(Cc2csc(NC(=O)CNC(=O)C(C)(C)C)n2)C1. The second kappa shape index (κ2) is 8.27. The molecule has 2 heterocycles. The number of nitrogens with zero attached hydrogens (tertiary/aromatic N) is 2. The number of rotatable bonds is 5. The van der Waals surface area contributed by atoms with Crippen LogP contribution in [0.25, 0.3) is 0 Å². The maximum Gasteiger partial charge on any atom is 0.245 e. The van der Waals surface area contributed by atoms with Crippen LogP contribution in [-0.4, -0.2) is 41.3 Å². The maximum absolute atomic E-state index is 12.0. The van der Waals surface area contributed by atoms with Gasteiger partial charge in [0.15, 0.2) is 5.13 Å². The fraction of sp³-hybridized carbons (Fsp3) is 0.722. The Kier molecular flexibility index (Phi) is 6.57. The summed E-state index contributed by atoms with van der Waals surface area (Å²) in [6, 6.07) is 0. The number of thiazole rings is 1.